The fourth-order valence-corrected chi connectivity index (χ4v) is 2.23. The van der Waals surface area contributed by atoms with E-state index in [0.29, 0.717) is 11.9 Å². The maximum absolute atomic E-state index is 11.9. The Balaban J connectivity index is 1.43. The summed E-state index contributed by atoms with van der Waals surface area (Å²) in [7, 11) is 0. The first-order chi connectivity index (χ1) is 11.1. The lowest BCUT2D eigenvalue weighted by Gasteiger charge is -2.13. The number of hydrogen-bond acceptors (Lipinski definition) is 6. The molecule has 2 N–H and O–H groups in total. The number of rotatable bonds is 7. The molecule has 0 aromatic carbocycles. The number of aromatic nitrogens is 4. The highest BCUT2D eigenvalue weighted by Crippen LogP contribution is 2.35. The molecule has 1 saturated carbocycles. The molecule has 0 aliphatic heterocycles. The van der Waals surface area contributed by atoms with Crippen molar-refractivity contribution in [1.82, 2.24) is 30.8 Å². The summed E-state index contributed by atoms with van der Waals surface area (Å²) in [6.07, 6.45) is 3.73. The van der Waals surface area contributed by atoms with Gasteiger partial charge in [0.2, 0.25) is 5.91 Å². The lowest BCUT2D eigenvalue weighted by Crippen LogP contribution is -2.33. The van der Waals surface area contributed by atoms with Crippen LogP contribution >= 0.6 is 0 Å². The zero-order valence-electron chi connectivity index (χ0n) is 12.7. The Morgan fingerprint density at radius 1 is 1.48 bits per heavy atom. The molecule has 2 aromatic heterocycles. The second-order valence-electron chi connectivity index (χ2n) is 5.49. The minimum absolute atomic E-state index is 0.168. The molecule has 9 heteroatoms. The molecule has 3 rings (SSSR count). The Morgan fingerprint density at radius 2 is 2.30 bits per heavy atom. The second-order valence-corrected chi connectivity index (χ2v) is 5.49. The molecule has 2 amide bonds. The summed E-state index contributed by atoms with van der Waals surface area (Å²) in [6, 6.07) is 3.27. The monoisotopic (exact) mass is 318 g/mol. The van der Waals surface area contributed by atoms with Gasteiger partial charge in [-0.1, -0.05) is 0 Å². The minimum atomic E-state index is -0.339. The van der Waals surface area contributed by atoms with Crippen molar-refractivity contribution < 1.29 is 14.0 Å². The number of furan rings is 1. The average molecular weight is 318 g/mol. The van der Waals surface area contributed by atoms with Crippen LogP contribution in [0.25, 0.3) is 0 Å². The Morgan fingerprint density at radius 3 is 3.00 bits per heavy atom. The number of hydrogen-bond donors (Lipinski definition) is 2. The van der Waals surface area contributed by atoms with Gasteiger partial charge in [0.1, 0.15) is 0 Å². The van der Waals surface area contributed by atoms with Crippen LogP contribution in [-0.4, -0.2) is 38.6 Å². The van der Waals surface area contributed by atoms with Crippen LogP contribution in [0.5, 0.6) is 0 Å². The molecule has 1 fully saturated rings. The number of tetrazole rings is 1. The topological polar surface area (TPSA) is 115 Å². The van der Waals surface area contributed by atoms with E-state index in [-0.39, 0.29) is 36.6 Å². The first kappa shape index (κ1) is 15.2. The van der Waals surface area contributed by atoms with E-state index < -0.39 is 0 Å². The Kier molecular flexibility index (Phi) is 4.35. The van der Waals surface area contributed by atoms with Gasteiger partial charge in [-0.2, -0.15) is 0 Å². The highest BCUT2D eigenvalue weighted by Gasteiger charge is 2.29. The molecule has 1 aliphatic carbocycles. The third kappa shape index (κ3) is 3.74. The summed E-state index contributed by atoms with van der Waals surface area (Å²) in [6.45, 7) is 2.07. The van der Waals surface area contributed by atoms with Gasteiger partial charge in [0.05, 0.1) is 18.3 Å². The Hall–Kier alpha value is -2.71. The van der Waals surface area contributed by atoms with E-state index in [1.165, 1.54) is 6.26 Å². The number of nitrogens with one attached hydrogen (secondary N) is 2. The zero-order valence-corrected chi connectivity index (χ0v) is 12.7. The summed E-state index contributed by atoms with van der Waals surface area (Å²) in [5.41, 5.74) is 0. The predicted octanol–water partition coefficient (Wildman–Crippen LogP) is 0.598. The molecule has 2 aromatic rings. The van der Waals surface area contributed by atoms with E-state index in [0.717, 1.165) is 12.8 Å². The van der Waals surface area contributed by atoms with Crippen molar-refractivity contribution in [3.63, 3.8) is 0 Å². The summed E-state index contributed by atoms with van der Waals surface area (Å²) >= 11 is 0. The lowest BCUT2D eigenvalue weighted by atomic mass is 10.3. The molecule has 1 atom stereocenters. The van der Waals surface area contributed by atoms with E-state index >= 15 is 0 Å². The van der Waals surface area contributed by atoms with Gasteiger partial charge < -0.3 is 15.1 Å². The molecule has 0 bridgehead atoms. The largest absolute Gasteiger partial charge is 0.459 e. The Labute approximate surface area is 132 Å². The smallest absolute Gasteiger partial charge is 0.286 e. The molecule has 0 radical (unpaired) electrons. The van der Waals surface area contributed by atoms with Crippen molar-refractivity contribution in [3.05, 3.63) is 30.0 Å². The zero-order chi connectivity index (χ0) is 16.2. The van der Waals surface area contributed by atoms with Crippen molar-refractivity contribution in [3.8, 4) is 0 Å². The fourth-order valence-electron chi connectivity index (χ4n) is 2.23. The van der Waals surface area contributed by atoms with Crippen LogP contribution in [0, 0.1) is 0 Å². The second kappa shape index (κ2) is 6.59. The molecule has 0 spiro atoms. The van der Waals surface area contributed by atoms with Gasteiger partial charge in [0.25, 0.3) is 5.91 Å². The lowest BCUT2D eigenvalue weighted by molar-refractivity contribution is -0.121. The first-order valence-electron chi connectivity index (χ1n) is 7.54. The maximum Gasteiger partial charge on any atom is 0.286 e. The van der Waals surface area contributed by atoms with Crippen LogP contribution in [0.15, 0.2) is 22.8 Å². The third-order valence-corrected chi connectivity index (χ3v) is 3.56. The van der Waals surface area contributed by atoms with Gasteiger partial charge in [-0.3, -0.25) is 9.59 Å². The van der Waals surface area contributed by atoms with Gasteiger partial charge in [-0.05, 0) is 42.3 Å². The third-order valence-electron chi connectivity index (χ3n) is 3.56. The molecular weight excluding hydrogens is 300 g/mol. The first-order valence-corrected chi connectivity index (χ1v) is 7.54. The highest BCUT2D eigenvalue weighted by atomic mass is 16.3. The summed E-state index contributed by atoms with van der Waals surface area (Å²) in [5.74, 6) is 0.360. The fraction of sp³-hybridized carbons (Fsp3) is 0.500. The number of carbonyl (C=O) groups excluding carboxylic acids is 2. The number of carbonyl (C=O) groups is 2. The number of nitrogens with zero attached hydrogens (tertiary/aromatic N) is 4. The molecule has 1 aliphatic rings. The van der Waals surface area contributed by atoms with Crippen LogP contribution in [0.2, 0.25) is 0 Å². The van der Waals surface area contributed by atoms with E-state index in [2.05, 4.69) is 26.2 Å². The molecule has 1 unspecified atom stereocenters. The van der Waals surface area contributed by atoms with E-state index in [9.17, 15) is 9.59 Å². The van der Waals surface area contributed by atoms with E-state index in [4.69, 9.17) is 4.42 Å². The van der Waals surface area contributed by atoms with Crippen LogP contribution < -0.4 is 10.6 Å². The standard InChI is InChI=1S/C14H18N6O3/c1-9(13-17-18-19-20(13)10-4-5-10)16-12(21)6-7-15-14(22)11-3-2-8-23-11/h2-3,8-10H,4-7H2,1H3,(H,15,22)(H,16,21). The highest BCUT2D eigenvalue weighted by molar-refractivity contribution is 5.91. The van der Waals surface area contributed by atoms with Gasteiger partial charge in [0, 0.05) is 13.0 Å². The normalized spacial score (nSPS) is 15.2. The van der Waals surface area contributed by atoms with Crippen LogP contribution in [0.3, 0.4) is 0 Å². The number of amides is 2. The maximum atomic E-state index is 11.9. The summed E-state index contributed by atoms with van der Waals surface area (Å²) in [4.78, 5) is 23.6. The molecule has 2 heterocycles. The predicted molar refractivity (Wildman–Crippen MR) is 78.3 cm³/mol. The van der Waals surface area contributed by atoms with E-state index in [1.807, 2.05) is 6.92 Å². The molecular formula is C14H18N6O3. The van der Waals surface area contributed by atoms with Crippen molar-refractivity contribution in [2.75, 3.05) is 6.54 Å². The van der Waals surface area contributed by atoms with E-state index in [1.54, 1.807) is 16.8 Å². The molecule has 0 saturated heterocycles. The SMILES string of the molecule is CC(NC(=O)CCNC(=O)c1ccco1)c1nnnn1C1CC1. The van der Waals surface area contributed by atoms with Crippen molar-refractivity contribution in [2.24, 2.45) is 0 Å². The van der Waals surface area contributed by atoms with Gasteiger partial charge >= 0.3 is 0 Å². The van der Waals surface area contributed by atoms with Gasteiger partial charge in [-0.15, -0.1) is 5.10 Å². The van der Waals surface area contributed by atoms with Gasteiger partial charge in [0.15, 0.2) is 11.6 Å². The van der Waals surface area contributed by atoms with Crippen LogP contribution in [0.4, 0.5) is 0 Å². The summed E-state index contributed by atoms with van der Waals surface area (Å²) < 4.78 is 6.74. The molecule has 9 nitrogen and oxygen atoms in total. The van der Waals surface area contributed by atoms with Crippen molar-refractivity contribution >= 4 is 11.8 Å². The Bertz CT molecular complexity index is 677. The molecule has 122 valence electrons. The van der Waals surface area contributed by atoms with Crippen molar-refractivity contribution in [1.29, 1.82) is 0 Å². The quantitative estimate of drug-likeness (QED) is 0.772. The average Bonchev–Trinajstić information content (AvgIpc) is 3.05. The molecule has 23 heavy (non-hydrogen) atoms. The summed E-state index contributed by atoms with van der Waals surface area (Å²) in [5, 5.41) is 17.1. The minimum Gasteiger partial charge on any atom is -0.459 e. The van der Waals surface area contributed by atoms with Gasteiger partial charge in [-0.25, -0.2) is 4.68 Å². The van der Waals surface area contributed by atoms with Crippen LogP contribution in [0.1, 0.15) is 54.6 Å². The van der Waals surface area contributed by atoms with Crippen molar-refractivity contribution in [2.45, 2.75) is 38.3 Å². The van der Waals surface area contributed by atoms with Crippen LogP contribution in [-0.2, 0) is 4.79 Å².